The van der Waals surface area contributed by atoms with Gasteiger partial charge in [-0.05, 0) is 37.4 Å². The molecule has 3 aromatic heterocycles. The Morgan fingerprint density at radius 1 is 0.971 bits per heavy atom. The quantitative estimate of drug-likeness (QED) is 0.402. The second kappa shape index (κ2) is 8.99. The molecule has 176 valence electrons. The van der Waals surface area contributed by atoms with Crippen LogP contribution in [0.25, 0.3) is 16.9 Å². The average molecular weight is 458 g/mol. The first-order chi connectivity index (χ1) is 16.4. The predicted octanol–water partition coefficient (Wildman–Crippen LogP) is 5.37. The van der Waals surface area contributed by atoms with Crippen LogP contribution in [0.5, 0.6) is 11.5 Å². The monoisotopic (exact) mass is 457 g/mol. The second-order valence-corrected chi connectivity index (χ2v) is 9.81. The molecule has 0 N–H and O–H groups in total. The Balaban J connectivity index is 1.31. The zero-order chi connectivity index (χ0) is 23.7. The van der Waals surface area contributed by atoms with Crippen LogP contribution in [0.4, 0.5) is 5.82 Å². The molecule has 1 saturated heterocycles. The molecule has 1 aliphatic rings. The molecule has 7 heteroatoms. The fourth-order valence-corrected chi connectivity index (χ4v) is 4.00. The maximum absolute atomic E-state index is 6.26. The molecular formula is C27H31N5O2. The number of ether oxygens (including phenoxy) is 1. The van der Waals surface area contributed by atoms with Crippen molar-refractivity contribution in [3.05, 3.63) is 73.2 Å². The number of benzene rings is 1. The summed E-state index contributed by atoms with van der Waals surface area (Å²) in [5.41, 5.74) is 2.81. The van der Waals surface area contributed by atoms with Gasteiger partial charge in [-0.2, -0.15) is 0 Å². The molecule has 0 spiro atoms. The number of likely N-dealkylation sites (N-methyl/N-ethyl adjacent to an activating group) is 1. The Kier molecular flexibility index (Phi) is 5.87. The number of aromatic nitrogens is 3. The minimum absolute atomic E-state index is 0.113. The van der Waals surface area contributed by atoms with Gasteiger partial charge in [0, 0.05) is 55.2 Å². The minimum atomic E-state index is -0.113. The number of hydrogen-bond donors (Lipinski definition) is 0. The molecular weight excluding hydrogens is 426 g/mol. The van der Waals surface area contributed by atoms with Gasteiger partial charge in [-0.3, -0.25) is 0 Å². The average Bonchev–Trinajstić information content (AvgIpc) is 3.51. The lowest BCUT2D eigenvalue weighted by Gasteiger charge is -2.33. The lowest BCUT2D eigenvalue weighted by atomic mass is 9.97. The lowest BCUT2D eigenvalue weighted by Crippen LogP contribution is -2.44. The first kappa shape index (κ1) is 22.2. The van der Waals surface area contributed by atoms with Crippen molar-refractivity contribution in [3.8, 4) is 28.4 Å². The highest BCUT2D eigenvalue weighted by Crippen LogP contribution is 2.32. The highest BCUT2D eigenvalue weighted by molar-refractivity contribution is 5.60. The third kappa shape index (κ3) is 4.70. The van der Waals surface area contributed by atoms with Crippen LogP contribution in [0.2, 0.25) is 0 Å². The van der Waals surface area contributed by atoms with Crippen molar-refractivity contribution in [1.82, 2.24) is 19.4 Å². The molecule has 1 aliphatic heterocycles. The Morgan fingerprint density at radius 3 is 2.44 bits per heavy atom. The van der Waals surface area contributed by atoms with Crippen molar-refractivity contribution < 1.29 is 9.15 Å². The molecule has 5 rings (SSSR count). The lowest BCUT2D eigenvalue weighted by molar-refractivity contribution is 0.311. The predicted molar refractivity (Wildman–Crippen MR) is 134 cm³/mol. The van der Waals surface area contributed by atoms with Crippen molar-refractivity contribution in [2.75, 3.05) is 38.1 Å². The topological polar surface area (TPSA) is 59.6 Å². The Hall–Kier alpha value is -3.58. The van der Waals surface area contributed by atoms with Crippen molar-refractivity contribution in [2.24, 2.45) is 0 Å². The second-order valence-electron chi connectivity index (χ2n) is 9.81. The van der Waals surface area contributed by atoms with E-state index in [4.69, 9.17) is 9.15 Å². The van der Waals surface area contributed by atoms with Crippen molar-refractivity contribution in [1.29, 1.82) is 0 Å². The van der Waals surface area contributed by atoms with E-state index in [1.807, 2.05) is 41.4 Å². The summed E-state index contributed by atoms with van der Waals surface area (Å²) in [7, 11) is 2.15. The molecule has 34 heavy (non-hydrogen) atoms. The third-order valence-electron chi connectivity index (χ3n) is 6.05. The van der Waals surface area contributed by atoms with Gasteiger partial charge in [-0.15, -0.1) is 0 Å². The molecule has 4 heterocycles. The summed E-state index contributed by atoms with van der Waals surface area (Å²) in [6, 6.07) is 14.1. The van der Waals surface area contributed by atoms with Gasteiger partial charge < -0.3 is 23.5 Å². The molecule has 0 radical (unpaired) electrons. The number of anilines is 1. The summed E-state index contributed by atoms with van der Waals surface area (Å²) in [6.45, 7) is 10.2. The fourth-order valence-electron chi connectivity index (χ4n) is 4.00. The highest BCUT2D eigenvalue weighted by atomic mass is 16.5. The highest BCUT2D eigenvalue weighted by Gasteiger charge is 2.21. The third-order valence-corrected chi connectivity index (χ3v) is 6.05. The summed E-state index contributed by atoms with van der Waals surface area (Å²) in [6.07, 6.45) is 7.54. The van der Waals surface area contributed by atoms with Crippen LogP contribution >= 0.6 is 0 Å². The van der Waals surface area contributed by atoms with Crippen LogP contribution in [0.15, 0.2) is 71.7 Å². The van der Waals surface area contributed by atoms with E-state index in [9.17, 15) is 0 Å². The smallest absolute Gasteiger partial charge is 0.199 e. The molecule has 0 aliphatic carbocycles. The van der Waals surface area contributed by atoms with Crippen LogP contribution in [0.1, 0.15) is 26.7 Å². The number of pyridine rings is 1. The SMILES string of the molecule is CN1CCN(c2ncccc2Oc2ccn(-c3ccc(-c4coc(C(C)(C)C)n4)cc3)c2)CC1. The minimum Gasteiger partial charge on any atom is -0.452 e. The van der Waals surface area contributed by atoms with Crippen LogP contribution in [-0.2, 0) is 5.41 Å². The molecule has 0 amide bonds. The van der Waals surface area contributed by atoms with Gasteiger partial charge in [0.15, 0.2) is 17.5 Å². The van der Waals surface area contributed by atoms with E-state index < -0.39 is 0 Å². The number of piperazine rings is 1. The van der Waals surface area contributed by atoms with Gasteiger partial charge in [0.1, 0.15) is 17.7 Å². The number of rotatable bonds is 5. The van der Waals surface area contributed by atoms with E-state index in [1.165, 1.54) is 0 Å². The number of oxazole rings is 1. The molecule has 7 nitrogen and oxygen atoms in total. The summed E-state index contributed by atoms with van der Waals surface area (Å²) < 4.78 is 14.0. The maximum atomic E-state index is 6.26. The van der Waals surface area contributed by atoms with Gasteiger partial charge >= 0.3 is 0 Å². The zero-order valence-corrected chi connectivity index (χ0v) is 20.2. The van der Waals surface area contributed by atoms with E-state index in [1.54, 1.807) is 6.26 Å². The van der Waals surface area contributed by atoms with Gasteiger partial charge in [0.25, 0.3) is 0 Å². The summed E-state index contributed by atoms with van der Waals surface area (Å²) in [4.78, 5) is 13.9. The first-order valence-corrected chi connectivity index (χ1v) is 11.7. The number of nitrogens with zero attached hydrogens (tertiary/aromatic N) is 5. The van der Waals surface area contributed by atoms with Gasteiger partial charge in [-0.1, -0.05) is 32.9 Å². The molecule has 0 unspecified atom stereocenters. The molecule has 0 saturated carbocycles. The van der Waals surface area contributed by atoms with E-state index >= 15 is 0 Å². The summed E-state index contributed by atoms with van der Waals surface area (Å²) in [5.74, 6) is 3.19. The summed E-state index contributed by atoms with van der Waals surface area (Å²) >= 11 is 0. The normalized spacial score (nSPS) is 15.0. The van der Waals surface area contributed by atoms with Crippen LogP contribution in [0, 0.1) is 0 Å². The molecule has 4 aromatic rings. The Labute approximate surface area is 200 Å². The standard InChI is InChI=1S/C27H31N5O2/c1-27(2,3)26-29-23(19-33-26)20-7-9-21(10-8-20)32-13-11-22(18-32)34-24-6-5-12-28-25(24)31-16-14-30(4)15-17-31/h5-13,18-19H,14-17H2,1-4H3. The van der Waals surface area contributed by atoms with Crippen LogP contribution in [0.3, 0.4) is 0 Å². The zero-order valence-electron chi connectivity index (χ0n) is 20.2. The van der Waals surface area contributed by atoms with E-state index in [2.05, 4.69) is 71.9 Å². The largest absolute Gasteiger partial charge is 0.452 e. The number of hydrogen-bond acceptors (Lipinski definition) is 6. The van der Waals surface area contributed by atoms with Gasteiger partial charge in [-0.25, -0.2) is 9.97 Å². The van der Waals surface area contributed by atoms with E-state index in [-0.39, 0.29) is 5.41 Å². The van der Waals surface area contributed by atoms with Crippen LogP contribution in [-0.4, -0.2) is 52.7 Å². The fraction of sp³-hybridized carbons (Fsp3) is 0.333. The Morgan fingerprint density at radius 2 is 1.74 bits per heavy atom. The summed E-state index contributed by atoms with van der Waals surface area (Å²) in [5, 5.41) is 0. The van der Waals surface area contributed by atoms with E-state index in [0.717, 1.165) is 66.3 Å². The van der Waals surface area contributed by atoms with Crippen molar-refractivity contribution in [3.63, 3.8) is 0 Å². The van der Waals surface area contributed by atoms with Gasteiger partial charge in [0.05, 0.1) is 6.20 Å². The van der Waals surface area contributed by atoms with Crippen molar-refractivity contribution in [2.45, 2.75) is 26.2 Å². The molecule has 0 atom stereocenters. The van der Waals surface area contributed by atoms with Crippen LogP contribution < -0.4 is 9.64 Å². The molecule has 0 bridgehead atoms. The first-order valence-electron chi connectivity index (χ1n) is 11.7. The Bertz CT molecular complexity index is 1240. The van der Waals surface area contributed by atoms with Gasteiger partial charge in [0.2, 0.25) is 0 Å². The maximum Gasteiger partial charge on any atom is 0.199 e. The van der Waals surface area contributed by atoms with E-state index in [0.29, 0.717) is 0 Å². The molecule has 1 fully saturated rings. The van der Waals surface area contributed by atoms with Crippen molar-refractivity contribution >= 4 is 5.82 Å². The molecule has 1 aromatic carbocycles.